The molecule has 1 aromatic rings. The maximum Gasteiger partial charge on any atom is 0.269 e. The van der Waals surface area contributed by atoms with Crippen LogP contribution in [0, 0.1) is 22.0 Å². The fourth-order valence-corrected chi connectivity index (χ4v) is 2.73. The summed E-state index contributed by atoms with van der Waals surface area (Å²) in [6.45, 7) is 5.54. The molecule has 2 atom stereocenters. The average Bonchev–Trinajstić information content (AvgIpc) is 3.27. The number of hydrogen-bond acceptors (Lipinski definition) is 3. The van der Waals surface area contributed by atoms with E-state index in [4.69, 9.17) is 0 Å². The molecule has 110 valence electrons. The molecule has 4 heteroatoms. The molecule has 2 rings (SSSR count). The van der Waals surface area contributed by atoms with Gasteiger partial charge < -0.3 is 5.32 Å². The van der Waals surface area contributed by atoms with Gasteiger partial charge in [-0.3, -0.25) is 10.1 Å². The SMILES string of the molecule is CCCNC(Cc1ccc([N+](=O)[O-])cc1)C(C)C1CC1. The zero-order valence-electron chi connectivity index (χ0n) is 12.3. The first-order valence-electron chi connectivity index (χ1n) is 7.58. The summed E-state index contributed by atoms with van der Waals surface area (Å²) >= 11 is 0. The van der Waals surface area contributed by atoms with Crippen molar-refractivity contribution in [1.82, 2.24) is 5.32 Å². The van der Waals surface area contributed by atoms with Crippen LogP contribution >= 0.6 is 0 Å². The molecule has 1 aliphatic rings. The number of nitro groups is 1. The van der Waals surface area contributed by atoms with Gasteiger partial charge in [0.15, 0.2) is 0 Å². The summed E-state index contributed by atoms with van der Waals surface area (Å²) in [6.07, 6.45) is 4.79. The third kappa shape index (κ3) is 4.04. The van der Waals surface area contributed by atoms with Crippen molar-refractivity contribution in [2.75, 3.05) is 6.54 Å². The number of benzene rings is 1. The molecule has 2 unspecified atom stereocenters. The molecule has 20 heavy (non-hydrogen) atoms. The Hall–Kier alpha value is -1.42. The van der Waals surface area contributed by atoms with E-state index in [2.05, 4.69) is 19.2 Å². The van der Waals surface area contributed by atoms with Crippen LogP contribution in [0.15, 0.2) is 24.3 Å². The lowest BCUT2D eigenvalue weighted by Gasteiger charge is -2.25. The van der Waals surface area contributed by atoms with Crippen molar-refractivity contribution < 1.29 is 4.92 Å². The van der Waals surface area contributed by atoms with Gasteiger partial charge in [0, 0.05) is 18.2 Å². The predicted molar refractivity (Wildman–Crippen MR) is 80.8 cm³/mol. The van der Waals surface area contributed by atoms with Crippen LogP contribution < -0.4 is 5.32 Å². The molecular formula is C16H24N2O2. The summed E-state index contributed by atoms with van der Waals surface area (Å²) in [7, 11) is 0. The maximum atomic E-state index is 10.7. The Labute approximate surface area is 120 Å². The van der Waals surface area contributed by atoms with Gasteiger partial charge >= 0.3 is 0 Å². The molecule has 0 amide bonds. The van der Waals surface area contributed by atoms with Crippen LogP contribution in [0.2, 0.25) is 0 Å². The van der Waals surface area contributed by atoms with E-state index in [-0.39, 0.29) is 10.6 Å². The molecule has 0 heterocycles. The third-order valence-electron chi connectivity index (χ3n) is 4.26. The summed E-state index contributed by atoms with van der Waals surface area (Å²) in [6, 6.07) is 7.46. The van der Waals surface area contributed by atoms with Crippen molar-refractivity contribution in [3.05, 3.63) is 39.9 Å². The zero-order chi connectivity index (χ0) is 14.5. The highest BCUT2D eigenvalue weighted by Gasteiger charge is 2.32. The molecule has 1 aromatic carbocycles. The Morgan fingerprint density at radius 1 is 1.35 bits per heavy atom. The molecule has 0 bridgehead atoms. The number of nitrogens with zero attached hydrogens (tertiary/aromatic N) is 1. The van der Waals surface area contributed by atoms with Crippen LogP contribution in [-0.4, -0.2) is 17.5 Å². The van der Waals surface area contributed by atoms with Gasteiger partial charge in [0.05, 0.1) is 4.92 Å². The van der Waals surface area contributed by atoms with Gasteiger partial charge in [-0.2, -0.15) is 0 Å². The monoisotopic (exact) mass is 276 g/mol. The molecule has 4 nitrogen and oxygen atoms in total. The fraction of sp³-hybridized carbons (Fsp3) is 0.625. The van der Waals surface area contributed by atoms with Gasteiger partial charge in [0.25, 0.3) is 5.69 Å². The van der Waals surface area contributed by atoms with E-state index in [1.54, 1.807) is 12.1 Å². The van der Waals surface area contributed by atoms with E-state index < -0.39 is 0 Å². The smallest absolute Gasteiger partial charge is 0.269 e. The molecule has 0 spiro atoms. The largest absolute Gasteiger partial charge is 0.313 e. The number of rotatable bonds is 8. The van der Waals surface area contributed by atoms with Gasteiger partial charge in [-0.15, -0.1) is 0 Å². The lowest BCUT2D eigenvalue weighted by molar-refractivity contribution is -0.384. The zero-order valence-corrected chi connectivity index (χ0v) is 12.3. The molecular weight excluding hydrogens is 252 g/mol. The normalized spacial score (nSPS) is 17.7. The summed E-state index contributed by atoms with van der Waals surface area (Å²) in [4.78, 5) is 10.3. The van der Waals surface area contributed by atoms with Crippen LogP contribution in [0.1, 0.15) is 38.7 Å². The fourth-order valence-electron chi connectivity index (χ4n) is 2.73. The second-order valence-electron chi connectivity index (χ2n) is 5.88. The summed E-state index contributed by atoms with van der Waals surface area (Å²) in [5, 5.41) is 14.3. The quantitative estimate of drug-likeness (QED) is 0.583. The van der Waals surface area contributed by atoms with Crippen LogP contribution in [0.25, 0.3) is 0 Å². The van der Waals surface area contributed by atoms with E-state index in [1.807, 2.05) is 12.1 Å². The maximum absolute atomic E-state index is 10.7. The second kappa shape index (κ2) is 6.84. The van der Waals surface area contributed by atoms with Crippen LogP contribution in [0.5, 0.6) is 0 Å². The molecule has 1 N–H and O–H groups in total. The van der Waals surface area contributed by atoms with Crippen molar-refractivity contribution >= 4 is 5.69 Å². The van der Waals surface area contributed by atoms with Gasteiger partial charge in [0.1, 0.15) is 0 Å². The highest BCUT2D eigenvalue weighted by atomic mass is 16.6. The second-order valence-corrected chi connectivity index (χ2v) is 5.88. The minimum absolute atomic E-state index is 0.169. The standard InChI is InChI=1S/C16H24N2O2/c1-3-10-17-16(12(2)14-6-7-14)11-13-4-8-15(9-5-13)18(19)20/h4-5,8-9,12,14,16-17H,3,6-7,10-11H2,1-2H3. The molecule has 0 radical (unpaired) electrons. The van der Waals surface area contributed by atoms with Gasteiger partial charge in [-0.05, 0) is 49.6 Å². The molecule has 1 fully saturated rings. The first kappa shape index (κ1) is 15.0. The molecule has 0 saturated heterocycles. The van der Waals surface area contributed by atoms with Gasteiger partial charge in [-0.1, -0.05) is 26.0 Å². The number of hydrogen-bond donors (Lipinski definition) is 1. The van der Waals surface area contributed by atoms with Gasteiger partial charge in [-0.25, -0.2) is 0 Å². The molecule has 1 aliphatic carbocycles. The molecule has 0 aromatic heterocycles. The topological polar surface area (TPSA) is 55.2 Å². The van der Waals surface area contributed by atoms with Crippen LogP contribution in [0.3, 0.4) is 0 Å². The van der Waals surface area contributed by atoms with E-state index in [9.17, 15) is 10.1 Å². The summed E-state index contributed by atoms with van der Waals surface area (Å²) in [5.74, 6) is 1.54. The first-order valence-corrected chi connectivity index (χ1v) is 7.58. The minimum Gasteiger partial charge on any atom is -0.313 e. The molecule has 0 aliphatic heterocycles. The Kier molecular flexibility index (Phi) is 5.12. The summed E-state index contributed by atoms with van der Waals surface area (Å²) in [5.41, 5.74) is 1.35. The van der Waals surface area contributed by atoms with Crippen LogP contribution in [-0.2, 0) is 6.42 Å². The van der Waals surface area contributed by atoms with E-state index in [0.717, 1.165) is 25.3 Å². The van der Waals surface area contributed by atoms with Crippen LogP contribution in [0.4, 0.5) is 5.69 Å². The number of non-ortho nitro benzene ring substituents is 1. The van der Waals surface area contributed by atoms with E-state index in [0.29, 0.717) is 12.0 Å². The Balaban J connectivity index is 2.00. The van der Waals surface area contributed by atoms with Gasteiger partial charge in [0.2, 0.25) is 0 Å². The lowest BCUT2D eigenvalue weighted by atomic mass is 9.91. The minimum atomic E-state index is -0.344. The molecule has 1 saturated carbocycles. The third-order valence-corrected chi connectivity index (χ3v) is 4.26. The van der Waals surface area contributed by atoms with Crippen molar-refractivity contribution in [2.24, 2.45) is 11.8 Å². The lowest BCUT2D eigenvalue weighted by Crippen LogP contribution is -2.38. The Morgan fingerprint density at radius 3 is 2.50 bits per heavy atom. The van der Waals surface area contributed by atoms with Crippen molar-refractivity contribution in [3.8, 4) is 0 Å². The average molecular weight is 276 g/mol. The van der Waals surface area contributed by atoms with Crippen molar-refractivity contribution in [2.45, 2.75) is 45.6 Å². The number of nitro benzene ring substituents is 1. The van der Waals surface area contributed by atoms with Crippen molar-refractivity contribution in [3.63, 3.8) is 0 Å². The number of nitrogens with one attached hydrogen (secondary N) is 1. The summed E-state index contributed by atoms with van der Waals surface area (Å²) < 4.78 is 0. The van der Waals surface area contributed by atoms with E-state index in [1.165, 1.54) is 18.4 Å². The highest BCUT2D eigenvalue weighted by Crippen LogP contribution is 2.38. The van der Waals surface area contributed by atoms with E-state index >= 15 is 0 Å². The Bertz CT molecular complexity index is 440. The Morgan fingerprint density at radius 2 is 2.00 bits per heavy atom. The highest BCUT2D eigenvalue weighted by molar-refractivity contribution is 5.33. The predicted octanol–water partition coefficient (Wildman–Crippen LogP) is 3.55. The van der Waals surface area contributed by atoms with Crippen molar-refractivity contribution in [1.29, 1.82) is 0 Å². The first-order chi connectivity index (χ1) is 9.61.